The van der Waals surface area contributed by atoms with Crippen LogP contribution in [0.3, 0.4) is 0 Å². The maximum absolute atomic E-state index is 14.0. The molecule has 2 heterocycles. The zero-order chi connectivity index (χ0) is 39.4. The Balaban J connectivity index is 1.31. The third kappa shape index (κ3) is 8.84. The molecular formula is C39H36O16. The maximum atomic E-state index is 14.0. The smallest absolute Gasteiger partial charge is 0.306 e. The lowest BCUT2D eigenvalue weighted by atomic mass is 9.98. The topological polar surface area (TPSA) is 263 Å². The molecule has 5 atom stereocenters. The molecule has 4 aromatic carbocycles. The number of benzene rings is 4. The molecule has 16 heteroatoms. The van der Waals surface area contributed by atoms with Gasteiger partial charge in [-0.25, -0.2) is 0 Å². The Morgan fingerprint density at radius 1 is 0.673 bits per heavy atom. The van der Waals surface area contributed by atoms with E-state index in [2.05, 4.69) is 0 Å². The molecule has 0 bridgehead atoms. The summed E-state index contributed by atoms with van der Waals surface area (Å²) in [6.07, 6.45) is -8.97. The highest BCUT2D eigenvalue weighted by atomic mass is 16.7. The van der Waals surface area contributed by atoms with Crippen molar-refractivity contribution in [2.45, 2.75) is 56.4 Å². The van der Waals surface area contributed by atoms with Gasteiger partial charge in [0.1, 0.15) is 58.9 Å². The molecule has 1 aliphatic heterocycles. The number of fused-ring (bicyclic) bond motifs is 1. The molecule has 288 valence electrons. The molecule has 0 saturated carbocycles. The van der Waals surface area contributed by atoms with Gasteiger partial charge in [0.25, 0.3) is 0 Å². The van der Waals surface area contributed by atoms with Crippen LogP contribution >= 0.6 is 0 Å². The van der Waals surface area contributed by atoms with Crippen LogP contribution in [0.4, 0.5) is 0 Å². The van der Waals surface area contributed by atoms with Crippen molar-refractivity contribution in [1.29, 1.82) is 0 Å². The number of hydrogen-bond acceptors (Lipinski definition) is 16. The number of aromatic hydroxyl groups is 6. The van der Waals surface area contributed by atoms with E-state index in [1.807, 2.05) is 0 Å². The molecule has 55 heavy (non-hydrogen) atoms. The zero-order valence-electron chi connectivity index (χ0n) is 28.8. The van der Waals surface area contributed by atoms with E-state index in [0.717, 1.165) is 29.8 Å². The van der Waals surface area contributed by atoms with E-state index in [4.69, 9.17) is 23.4 Å². The van der Waals surface area contributed by atoms with Gasteiger partial charge in [-0.05, 0) is 66.4 Å². The minimum Gasteiger partial charge on any atom is -0.508 e. The molecule has 0 unspecified atom stereocenters. The minimum atomic E-state index is -1.95. The molecule has 1 saturated heterocycles. The Morgan fingerprint density at radius 2 is 1.29 bits per heavy atom. The van der Waals surface area contributed by atoms with Crippen LogP contribution in [0.1, 0.15) is 24.0 Å². The van der Waals surface area contributed by atoms with Crippen LogP contribution < -0.4 is 10.2 Å². The first-order chi connectivity index (χ1) is 26.3. The molecule has 0 spiro atoms. The first-order valence-electron chi connectivity index (χ1n) is 16.9. The number of aliphatic hydroxyl groups is 2. The van der Waals surface area contributed by atoms with E-state index in [-0.39, 0.29) is 48.3 Å². The van der Waals surface area contributed by atoms with Crippen LogP contribution in [0, 0.1) is 0 Å². The molecule has 8 N–H and O–H groups in total. The molecule has 1 aromatic heterocycles. The molecule has 0 radical (unpaired) electrons. The average Bonchev–Trinajstić information content (AvgIpc) is 3.15. The summed E-state index contributed by atoms with van der Waals surface area (Å²) in [6.45, 7) is -0.626. The second kappa shape index (κ2) is 16.3. The van der Waals surface area contributed by atoms with Crippen LogP contribution in [0.5, 0.6) is 40.2 Å². The summed E-state index contributed by atoms with van der Waals surface area (Å²) >= 11 is 0. The lowest BCUT2D eigenvalue weighted by molar-refractivity contribution is -0.283. The van der Waals surface area contributed by atoms with Crippen molar-refractivity contribution in [2.75, 3.05) is 6.61 Å². The second-order valence-corrected chi connectivity index (χ2v) is 12.7. The van der Waals surface area contributed by atoms with Crippen LogP contribution in [0.25, 0.3) is 22.3 Å². The molecule has 0 aliphatic carbocycles. The number of aryl methyl sites for hydroxylation is 2. The number of carbonyl (C=O) groups is 2. The molecule has 0 amide bonds. The van der Waals surface area contributed by atoms with E-state index >= 15 is 0 Å². The van der Waals surface area contributed by atoms with E-state index < -0.39 is 94.6 Å². The third-order valence-corrected chi connectivity index (χ3v) is 8.82. The Hall–Kier alpha value is -6.49. The SMILES string of the molecule is O=C(CCc1ccc(O)cc1)OC[C@H]1O[C@@H](Oc2c(-c3ccc(O)c(O)c3)oc3cc(O)cc(O)c3c2=O)[C@H](OC(=O)CCc2ccc(O)cc2)[C@@H](O)[C@H]1O. The van der Waals surface area contributed by atoms with E-state index in [9.17, 15) is 55.2 Å². The van der Waals surface area contributed by atoms with Crippen molar-refractivity contribution in [3.05, 3.63) is 100 Å². The molecule has 16 nitrogen and oxygen atoms in total. The lowest BCUT2D eigenvalue weighted by Crippen LogP contribution is -2.61. The van der Waals surface area contributed by atoms with Gasteiger partial charge in [-0.15, -0.1) is 0 Å². The summed E-state index contributed by atoms with van der Waals surface area (Å²) in [5, 5.41) is 81.9. The standard InChI is InChI=1S/C39H36O16/c40-22-8-1-19(2-9-22)5-13-30(46)51-18-29-33(48)35(50)38(54-31(47)14-6-20-3-10-23(41)11-4-20)39(53-29)55-37-34(49)32-27(45)16-24(42)17-28(32)52-36(37)21-7-12-25(43)26(44)15-21/h1-4,7-12,15-17,29,33,35,38-45,48,50H,5-6,13-14,18H2/t29-,33+,35+,38-,39+/m1/s1. The molecule has 1 fully saturated rings. The van der Waals surface area contributed by atoms with Gasteiger partial charge in [0, 0.05) is 30.5 Å². The summed E-state index contributed by atoms with van der Waals surface area (Å²) in [6, 6.07) is 17.5. The van der Waals surface area contributed by atoms with Crippen LogP contribution in [-0.2, 0) is 36.6 Å². The predicted molar refractivity (Wildman–Crippen MR) is 190 cm³/mol. The number of aliphatic hydroxyl groups excluding tert-OH is 2. The van der Waals surface area contributed by atoms with Crippen molar-refractivity contribution < 1.29 is 73.8 Å². The average molecular weight is 761 g/mol. The number of phenols is 6. The van der Waals surface area contributed by atoms with Gasteiger partial charge in [0.15, 0.2) is 23.4 Å². The van der Waals surface area contributed by atoms with Crippen molar-refractivity contribution in [2.24, 2.45) is 0 Å². The van der Waals surface area contributed by atoms with Gasteiger partial charge in [-0.1, -0.05) is 24.3 Å². The molecule has 5 aromatic rings. The number of hydrogen-bond donors (Lipinski definition) is 8. The maximum Gasteiger partial charge on any atom is 0.306 e. The fourth-order valence-electron chi connectivity index (χ4n) is 5.89. The van der Waals surface area contributed by atoms with Crippen molar-refractivity contribution in [3.8, 4) is 51.6 Å². The first kappa shape index (κ1) is 38.2. The largest absolute Gasteiger partial charge is 0.508 e. The normalized spacial score (nSPS) is 19.5. The molecule has 6 rings (SSSR count). The summed E-state index contributed by atoms with van der Waals surface area (Å²) in [4.78, 5) is 39.8. The van der Waals surface area contributed by atoms with Gasteiger partial charge in [0.2, 0.25) is 17.5 Å². The van der Waals surface area contributed by atoms with Gasteiger partial charge >= 0.3 is 11.9 Å². The number of rotatable bonds is 12. The van der Waals surface area contributed by atoms with E-state index in [1.165, 1.54) is 30.3 Å². The van der Waals surface area contributed by atoms with E-state index in [1.54, 1.807) is 24.3 Å². The monoisotopic (exact) mass is 760 g/mol. The Morgan fingerprint density at radius 3 is 1.91 bits per heavy atom. The van der Waals surface area contributed by atoms with E-state index in [0.29, 0.717) is 5.56 Å². The third-order valence-electron chi connectivity index (χ3n) is 8.82. The first-order valence-corrected chi connectivity index (χ1v) is 16.9. The Labute approximate surface area is 311 Å². The van der Waals surface area contributed by atoms with Gasteiger partial charge in [0.05, 0.1) is 0 Å². The number of phenolic OH excluding ortho intramolecular Hbond substituents is 6. The zero-order valence-corrected chi connectivity index (χ0v) is 28.8. The second-order valence-electron chi connectivity index (χ2n) is 12.7. The van der Waals surface area contributed by atoms with Crippen LogP contribution in [0.2, 0.25) is 0 Å². The van der Waals surface area contributed by atoms with Gasteiger partial charge in [-0.3, -0.25) is 14.4 Å². The summed E-state index contributed by atoms with van der Waals surface area (Å²) in [5.74, 6) is -4.95. The molecule has 1 aliphatic rings. The minimum absolute atomic E-state index is 0.0190. The van der Waals surface area contributed by atoms with Crippen molar-refractivity contribution in [1.82, 2.24) is 0 Å². The Kier molecular flexibility index (Phi) is 11.3. The number of ether oxygens (including phenoxy) is 4. The highest BCUT2D eigenvalue weighted by Gasteiger charge is 2.49. The number of carbonyl (C=O) groups excluding carboxylic acids is 2. The van der Waals surface area contributed by atoms with Crippen molar-refractivity contribution >= 4 is 22.9 Å². The highest BCUT2D eigenvalue weighted by Crippen LogP contribution is 2.39. The van der Waals surface area contributed by atoms with Gasteiger partial charge in [-0.2, -0.15) is 0 Å². The number of esters is 2. The lowest BCUT2D eigenvalue weighted by Gasteiger charge is -2.41. The summed E-state index contributed by atoms with van der Waals surface area (Å²) in [5.41, 5.74) is -0.00967. The van der Waals surface area contributed by atoms with Crippen LogP contribution in [0.15, 0.2) is 88.1 Å². The van der Waals surface area contributed by atoms with Crippen molar-refractivity contribution in [3.63, 3.8) is 0 Å². The van der Waals surface area contributed by atoms with Crippen LogP contribution in [-0.4, -0.2) is 90.1 Å². The van der Waals surface area contributed by atoms with Gasteiger partial charge < -0.3 is 64.2 Å². The predicted octanol–water partition coefficient (Wildman–Crippen LogP) is 3.24. The summed E-state index contributed by atoms with van der Waals surface area (Å²) < 4.78 is 28.7. The Bertz CT molecular complexity index is 2230. The fraction of sp³-hybridized carbons (Fsp3) is 0.256. The summed E-state index contributed by atoms with van der Waals surface area (Å²) in [7, 11) is 0. The molecular weight excluding hydrogens is 724 g/mol. The highest BCUT2D eigenvalue weighted by molar-refractivity contribution is 5.88. The quantitative estimate of drug-likeness (QED) is 0.0670. The fourth-order valence-corrected chi connectivity index (χ4v) is 5.89.